The van der Waals surface area contributed by atoms with E-state index in [-0.39, 0.29) is 19.5 Å². The standard InChI is InChI=1S/C12H10N2.2C10H8N2.2F6P.Ru/c1-2-6-11(7-3-1)14-10-12-8-4-5-9-13-12;2*1-3-7-11-9(5-1)10-6-2-4-8-12-10;2*1-7(2,3,4,5)6;/h1-10H;2*1-8H;;;/q;;;2*-1;+2. The first kappa shape index (κ1) is 46.3. The predicted molar refractivity (Wildman–Crippen MR) is 180 cm³/mol. The van der Waals surface area contributed by atoms with Crippen molar-refractivity contribution < 1.29 is 69.8 Å². The minimum atomic E-state index is -10.7. The molecule has 0 saturated heterocycles. The molecule has 0 aliphatic heterocycles. The molecule has 6 rings (SSSR count). The zero-order valence-corrected chi connectivity index (χ0v) is 30.0. The molecular weight excluding hydrogens is 859 g/mol. The van der Waals surface area contributed by atoms with E-state index in [0.717, 1.165) is 34.2 Å². The smallest absolute Gasteiger partial charge is 0.255 e. The third kappa shape index (κ3) is 30.6. The van der Waals surface area contributed by atoms with Gasteiger partial charge in [0.25, 0.3) is 0 Å². The van der Waals surface area contributed by atoms with Crippen molar-refractivity contribution >= 4 is 27.5 Å². The molecule has 0 atom stereocenters. The number of pyridine rings is 5. The van der Waals surface area contributed by atoms with E-state index in [1.54, 1.807) is 37.2 Å². The van der Waals surface area contributed by atoms with Crippen molar-refractivity contribution in [2.24, 2.45) is 4.99 Å². The molecule has 0 unspecified atom stereocenters. The van der Waals surface area contributed by atoms with Gasteiger partial charge in [-0.25, -0.2) is 0 Å². The Hall–Kier alpha value is -4.72. The molecule has 6 aromatic rings. The third-order valence-electron chi connectivity index (χ3n) is 4.97. The number of nitrogens with zero attached hydrogens (tertiary/aromatic N) is 6. The van der Waals surface area contributed by atoms with Gasteiger partial charge in [0.1, 0.15) is 0 Å². The molecule has 1 aromatic carbocycles. The largest absolute Gasteiger partial charge is 2.00 e. The summed E-state index contributed by atoms with van der Waals surface area (Å²) < 4.78 is 118. The molecule has 0 bridgehead atoms. The maximum atomic E-state index is 9.87. The molecule has 5 aromatic heterocycles. The number of aliphatic imine (C=N–C) groups is 1. The summed E-state index contributed by atoms with van der Waals surface area (Å²) in [6.45, 7) is 0. The minimum Gasteiger partial charge on any atom is -0.255 e. The number of benzene rings is 1. The van der Waals surface area contributed by atoms with Crippen LogP contribution >= 0.6 is 15.6 Å². The maximum absolute atomic E-state index is 10.7. The van der Waals surface area contributed by atoms with Gasteiger partial charge < -0.3 is 0 Å². The van der Waals surface area contributed by atoms with Crippen LogP contribution in [0.5, 0.6) is 0 Å². The Balaban J connectivity index is 0.000000339. The first-order valence-electron chi connectivity index (χ1n) is 14.1. The van der Waals surface area contributed by atoms with Crippen molar-refractivity contribution in [2.75, 3.05) is 0 Å². The van der Waals surface area contributed by atoms with E-state index >= 15 is 0 Å². The first-order chi connectivity index (χ1) is 23.8. The molecule has 53 heavy (non-hydrogen) atoms. The summed E-state index contributed by atoms with van der Waals surface area (Å²) in [7, 11) is -21.3. The topological polar surface area (TPSA) is 76.8 Å². The van der Waals surface area contributed by atoms with Crippen LogP contribution in [0.2, 0.25) is 0 Å². The van der Waals surface area contributed by atoms with Crippen LogP contribution < -0.4 is 0 Å². The van der Waals surface area contributed by atoms with Crippen LogP contribution in [0.3, 0.4) is 0 Å². The zero-order chi connectivity index (χ0) is 38.9. The number of halogens is 12. The van der Waals surface area contributed by atoms with Gasteiger partial charge in [0, 0.05) is 31.0 Å². The SMILES string of the molecule is C(=Nc1ccccc1)c1ccccn1.F[P-](F)(F)(F)(F)F.F[P-](F)(F)(F)(F)F.[Ru+2].c1ccc(-c2ccccn2)nc1.c1ccc(-c2ccccn2)nc1. The fourth-order valence-corrected chi connectivity index (χ4v) is 3.16. The Kier molecular flexibility index (Phi) is 15.6. The second-order valence-electron chi connectivity index (χ2n) is 9.62. The molecule has 0 N–H and O–H groups in total. The van der Waals surface area contributed by atoms with Gasteiger partial charge in [-0.1, -0.05) is 48.5 Å². The fourth-order valence-electron chi connectivity index (χ4n) is 3.16. The molecule has 0 amide bonds. The fraction of sp³-hybridized carbons (Fsp3) is 0. The van der Waals surface area contributed by atoms with Gasteiger partial charge in [-0.05, 0) is 72.8 Å². The summed E-state index contributed by atoms with van der Waals surface area (Å²) in [4.78, 5) is 25.2. The number of rotatable bonds is 4. The Labute approximate surface area is 307 Å². The number of hydrogen-bond acceptors (Lipinski definition) is 6. The summed E-state index contributed by atoms with van der Waals surface area (Å²) in [5, 5.41) is 0. The molecule has 286 valence electrons. The second-order valence-corrected chi connectivity index (χ2v) is 13.5. The summed E-state index contributed by atoms with van der Waals surface area (Å²) >= 11 is 0. The third-order valence-corrected chi connectivity index (χ3v) is 4.97. The first-order valence-corrected chi connectivity index (χ1v) is 18.1. The van der Waals surface area contributed by atoms with Gasteiger partial charge in [0.05, 0.1) is 40.4 Å². The van der Waals surface area contributed by atoms with Crippen LogP contribution in [0.1, 0.15) is 5.69 Å². The summed E-state index contributed by atoms with van der Waals surface area (Å²) in [6.07, 6.45) is 10.6. The average molecular weight is 886 g/mol. The van der Waals surface area contributed by atoms with Crippen LogP contribution in [0, 0.1) is 0 Å². The van der Waals surface area contributed by atoms with Gasteiger partial charge in [-0.2, -0.15) is 0 Å². The molecule has 5 heterocycles. The number of aromatic nitrogens is 5. The van der Waals surface area contributed by atoms with Gasteiger partial charge in [-0.3, -0.25) is 29.9 Å². The van der Waals surface area contributed by atoms with Crippen molar-refractivity contribution in [3.8, 4) is 22.8 Å². The van der Waals surface area contributed by atoms with Crippen LogP contribution in [0.25, 0.3) is 22.8 Å². The van der Waals surface area contributed by atoms with Crippen molar-refractivity contribution in [1.82, 2.24) is 24.9 Å². The average Bonchev–Trinajstić information content (AvgIpc) is 3.08. The predicted octanol–water partition coefficient (Wildman–Crippen LogP) is 13.9. The van der Waals surface area contributed by atoms with Crippen molar-refractivity contribution in [2.45, 2.75) is 0 Å². The molecular formula is C32H26F12N6P2Ru. The Bertz CT molecular complexity index is 1690. The van der Waals surface area contributed by atoms with Crippen molar-refractivity contribution in [3.63, 3.8) is 0 Å². The maximum Gasteiger partial charge on any atom is 2.00 e. The van der Waals surface area contributed by atoms with E-state index in [2.05, 4.69) is 29.9 Å². The summed E-state index contributed by atoms with van der Waals surface area (Å²) in [5.74, 6) is 0. The van der Waals surface area contributed by atoms with Gasteiger partial charge in [0.2, 0.25) is 0 Å². The quantitative estimate of drug-likeness (QED) is 0.0763. The van der Waals surface area contributed by atoms with E-state index in [4.69, 9.17) is 0 Å². The molecule has 0 radical (unpaired) electrons. The van der Waals surface area contributed by atoms with Crippen LogP contribution in [-0.2, 0) is 19.5 Å². The summed E-state index contributed by atoms with van der Waals surface area (Å²) in [6, 6.07) is 38.8. The molecule has 0 saturated carbocycles. The second kappa shape index (κ2) is 17.9. The Morgan fingerprint density at radius 2 is 0.623 bits per heavy atom. The Morgan fingerprint density at radius 3 is 0.868 bits per heavy atom. The zero-order valence-electron chi connectivity index (χ0n) is 26.5. The molecule has 6 nitrogen and oxygen atoms in total. The monoisotopic (exact) mass is 886 g/mol. The van der Waals surface area contributed by atoms with Crippen LogP contribution in [0.15, 0.2) is 157 Å². The van der Waals surface area contributed by atoms with E-state index in [1.165, 1.54) is 0 Å². The molecule has 0 aliphatic rings. The van der Waals surface area contributed by atoms with Gasteiger partial charge in [-0.15, -0.1) is 0 Å². The Morgan fingerprint density at radius 1 is 0.358 bits per heavy atom. The van der Waals surface area contributed by atoms with E-state index in [1.807, 2.05) is 121 Å². The van der Waals surface area contributed by atoms with Crippen LogP contribution in [0.4, 0.5) is 56.1 Å². The molecule has 0 aliphatic carbocycles. The van der Waals surface area contributed by atoms with Crippen LogP contribution in [-0.4, -0.2) is 31.1 Å². The van der Waals surface area contributed by atoms with E-state index in [9.17, 15) is 50.4 Å². The van der Waals surface area contributed by atoms with Crippen molar-refractivity contribution in [3.05, 3.63) is 158 Å². The van der Waals surface area contributed by atoms with E-state index < -0.39 is 15.6 Å². The molecule has 0 fully saturated rings. The van der Waals surface area contributed by atoms with E-state index in [0.29, 0.717) is 0 Å². The number of para-hydroxylation sites is 1. The molecule has 21 heteroatoms. The summed E-state index contributed by atoms with van der Waals surface area (Å²) in [5.41, 5.74) is 5.47. The van der Waals surface area contributed by atoms with Gasteiger partial charge >= 0.3 is 85.5 Å². The number of hydrogen-bond donors (Lipinski definition) is 0. The van der Waals surface area contributed by atoms with Crippen molar-refractivity contribution in [1.29, 1.82) is 0 Å². The van der Waals surface area contributed by atoms with Gasteiger partial charge in [0.15, 0.2) is 0 Å². The minimum absolute atomic E-state index is 0. The molecule has 0 spiro atoms. The normalized spacial score (nSPS) is 13.3.